The Morgan fingerprint density at radius 2 is 1.04 bits per heavy atom. The molecule has 5 aromatic carbocycles. The fourth-order valence-corrected chi connectivity index (χ4v) is 7.73. The molecule has 5 aromatic rings. The number of sulfone groups is 2. The molecule has 48 heavy (non-hydrogen) atoms. The summed E-state index contributed by atoms with van der Waals surface area (Å²) in [4.78, 5) is 0.302. The van der Waals surface area contributed by atoms with Gasteiger partial charge in [-0.3, -0.25) is 0 Å². The molecule has 0 aromatic heterocycles. The van der Waals surface area contributed by atoms with Crippen LogP contribution >= 0.6 is 0 Å². The van der Waals surface area contributed by atoms with Crippen LogP contribution in [0.1, 0.15) is 32.3 Å². The van der Waals surface area contributed by atoms with Crippen molar-refractivity contribution in [2.24, 2.45) is 0 Å². The standard InChI is InChI=1S/C38H38O8S2/c1-4-9-29(3)45-31-20-24-34(25-21-31)47(39,40)37-12-7-5-10-35(37)44-27-26-43-30-18-22-33(23-19-30)48(41,42)38-13-8-6-11-36(38)46-32-16-14-28(2)15-17-32/h5-8,10-25,29H,4,9,26-27H2,1-3H3. The zero-order valence-corrected chi connectivity index (χ0v) is 28.7. The highest BCUT2D eigenvalue weighted by molar-refractivity contribution is 7.92. The maximum atomic E-state index is 13.5. The number of aryl methyl sites for hydroxylation is 1. The van der Waals surface area contributed by atoms with Gasteiger partial charge >= 0.3 is 0 Å². The van der Waals surface area contributed by atoms with E-state index in [2.05, 4.69) is 6.92 Å². The van der Waals surface area contributed by atoms with Crippen molar-refractivity contribution in [3.8, 4) is 28.7 Å². The molecule has 0 saturated heterocycles. The van der Waals surface area contributed by atoms with E-state index in [1.165, 1.54) is 36.4 Å². The molecule has 0 amide bonds. The highest BCUT2D eigenvalue weighted by atomic mass is 32.2. The third-order valence-electron chi connectivity index (χ3n) is 7.44. The quantitative estimate of drug-likeness (QED) is 0.101. The number of ether oxygens (including phenoxy) is 4. The smallest absolute Gasteiger partial charge is 0.210 e. The molecule has 10 heteroatoms. The Hall–Kier alpha value is -4.80. The molecule has 0 fully saturated rings. The van der Waals surface area contributed by atoms with Gasteiger partial charge in [-0.05, 0) is 105 Å². The molecule has 250 valence electrons. The maximum Gasteiger partial charge on any atom is 0.210 e. The highest BCUT2D eigenvalue weighted by Gasteiger charge is 2.24. The molecule has 1 atom stereocenters. The molecule has 0 saturated carbocycles. The minimum atomic E-state index is -3.90. The highest BCUT2D eigenvalue weighted by Crippen LogP contribution is 2.34. The van der Waals surface area contributed by atoms with Crippen molar-refractivity contribution in [2.45, 2.75) is 59.3 Å². The van der Waals surface area contributed by atoms with Gasteiger partial charge in [0.1, 0.15) is 51.8 Å². The molecular weight excluding hydrogens is 649 g/mol. The Balaban J connectivity index is 1.20. The largest absolute Gasteiger partial charge is 0.491 e. The summed E-state index contributed by atoms with van der Waals surface area (Å²) in [6, 6.07) is 32.7. The second kappa shape index (κ2) is 15.4. The molecule has 0 bridgehead atoms. The lowest BCUT2D eigenvalue weighted by atomic mass is 10.2. The van der Waals surface area contributed by atoms with Gasteiger partial charge in [-0.2, -0.15) is 0 Å². The van der Waals surface area contributed by atoms with Crippen LogP contribution < -0.4 is 18.9 Å². The number of rotatable bonds is 15. The average molecular weight is 687 g/mol. The van der Waals surface area contributed by atoms with Gasteiger partial charge in [0.05, 0.1) is 15.9 Å². The van der Waals surface area contributed by atoms with Gasteiger partial charge in [-0.15, -0.1) is 0 Å². The second-order valence-electron chi connectivity index (χ2n) is 11.2. The van der Waals surface area contributed by atoms with Gasteiger partial charge in [-0.25, -0.2) is 16.8 Å². The van der Waals surface area contributed by atoms with Gasteiger partial charge in [0.2, 0.25) is 19.7 Å². The van der Waals surface area contributed by atoms with E-state index in [9.17, 15) is 16.8 Å². The summed E-state index contributed by atoms with van der Waals surface area (Å²) in [6.07, 6.45) is 1.93. The predicted molar refractivity (Wildman–Crippen MR) is 184 cm³/mol. The first kappa shape index (κ1) is 34.5. The summed E-state index contributed by atoms with van der Waals surface area (Å²) in [5.74, 6) is 2.00. The Bertz CT molecular complexity index is 2020. The Morgan fingerprint density at radius 1 is 0.562 bits per heavy atom. The summed E-state index contributed by atoms with van der Waals surface area (Å²) < 4.78 is 77.4. The Kier molecular flexibility index (Phi) is 11.1. The minimum absolute atomic E-state index is 0.0343. The molecule has 0 aliphatic heterocycles. The Morgan fingerprint density at radius 3 is 1.62 bits per heavy atom. The van der Waals surface area contributed by atoms with Crippen molar-refractivity contribution in [2.75, 3.05) is 13.2 Å². The third kappa shape index (κ3) is 8.37. The molecule has 1 unspecified atom stereocenters. The van der Waals surface area contributed by atoms with Crippen LogP contribution in [0.3, 0.4) is 0 Å². The van der Waals surface area contributed by atoms with Gasteiger partial charge in [0.15, 0.2) is 0 Å². The first-order chi connectivity index (χ1) is 23.1. The van der Waals surface area contributed by atoms with Crippen LogP contribution in [0.5, 0.6) is 28.7 Å². The first-order valence-corrected chi connectivity index (χ1v) is 18.6. The molecule has 0 N–H and O–H groups in total. The van der Waals surface area contributed by atoms with Gasteiger partial charge in [-0.1, -0.05) is 55.3 Å². The molecule has 0 aliphatic carbocycles. The SMILES string of the molecule is CCCC(C)Oc1ccc(S(=O)(=O)c2ccccc2OCCOc2ccc(S(=O)(=O)c3ccccc3Oc3ccc(C)cc3)cc2)cc1. The maximum absolute atomic E-state index is 13.5. The minimum Gasteiger partial charge on any atom is -0.491 e. The molecule has 8 nitrogen and oxygen atoms in total. The summed E-state index contributed by atoms with van der Waals surface area (Å²) in [6.45, 7) is 6.17. The summed E-state index contributed by atoms with van der Waals surface area (Å²) in [7, 11) is -7.76. The van der Waals surface area contributed by atoms with E-state index in [1.54, 1.807) is 72.8 Å². The first-order valence-electron chi connectivity index (χ1n) is 15.6. The molecular formula is C38H38O8S2. The van der Waals surface area contributed by atoms with Crippen LogP contribution in [-0.2, 0) is 19.7 Å². The number of hydrogen-bond acceptors (Lipinski definition) is 8. The third-order valence-corrected chi connectivity index (χ3v) is 11.1. The lowest BCUT2D eigenvalue weighted by Gasteiger charge is -2.15. The number of benzene rings is 5. The number of hydrogen-bond donors (Lipinski definition) is 0. The molecule has 5 rings (SSSR count). The fraction of sp³-hybridized carbons (Fsp3) is 0.211. The van der Waals surface area contributed by atoms with E-state index in [4.69, 9.17) is 18.9 Å². The van der Waals surface area contributed by atoms with Gasteiger partial charge < -0.3 is 18.9 Å². The van der Waals surface area contributed by atoms with Crippen molar-refractivity contribution in [1.82, 2.24) is 0 Å². The van der Waals surface area contributed by atoms with E-state index in [0.29, 0.717) is 17.2 Å². The van der Waals surface area contributed by atoms with Crippen LogP contribution in [0.4, 0.5) is 0 Å². The summed E-state index contributed by atoms with van der Waals surface area (Å²) in [5.41, 5.74) is 1.07. The summed E-state index contributed by atoms with van der Waals surface area (Å²) in [5, 5.41) is 0. The van der Waals surface area contributed by atoms with Crippen molar-refractivity contribution in [3.05, 3.63) is 127 Å². The average Bonchev–Trinajstić information content (AvgIpc) is 3.08. The normalized spacial score (nSPS) is 12.2. The van der Waals surface area contributed by atoms with E-state index in [1.807, 2.05) is 26.0 Å². The van der Waals surface area contributed by atoms with Crippen molar-refractivity contribution >= 4 is 19.7 Å². The van der Waals surface area contributed by atoms with Gasteiger partial charge in [0, 0.05) is 0 Å². The van der Waals surface area contributed by atoms with E-state index in [0.717, 1.165) is 18.4 Å². The molecule has 0 heterocycles. The van der Waals surface area contributed by atoms with Crippen molar-refractivity contribution in [3.63, 3.8) is 0 Å². The number of para-hydroxylation sites is 2. The van der Waals surface area contributed by atoms with Crippen LogP contribution in [0.2, 0.25) is 0 Å². The lowest BCUT2D eigenvalue weighted by molar-refractivity contribution is 0.210. The Labute approximate surface area is 282 Å². The van der Waals surface area contributed by atoms with Gasteiger partial charge in [0.25, 0.3) is 0 Å². The van der Waals surface area contributed by atoms with Crippen LogP contribution in [0.25, 0.3) is 0 Å². The van der Waals surface area contributed by atoms with Crippen LogP contribution in [0, 0.1) is 6.92 Å². The summed E-state index contributed by atoms with van der Waals surface area (Å²) >= 11 is 0. The van der Waals surface area contributed by atoms with Crippen molar-refractivity contribution < 1.29 is 35.8 Å². The van der Waals surface area contributed by atoms with Crippen LogP contribution in [-0.4, -0.2) is 36.2 Å². The van der Waals surface area contributed by atoms with E-state index >= 15 is 0 Å². The zero-order valence-electron chi connectivity index (χ0n) is 27.0. The molecule has 0 spiro atoms. The van der Waals surface area contributed by atoms with Crippen LogP contribution in [0.15, 0.2) is 141 Å². The fourth-order valence-electron chi connectivity index (χ4n) is 4.96. The topological polar surface area (TPSA) is 105 Å². The van der Waals surface area contributed by atoms with Crippen molar-refractivity contribution in [1.29, 1.82) is 0 Å². The molecule has 0 radical (unpaired) electrons. The lowest BCUT2D eigenvalue weighted by Crippen LogP contribution is -2.12. The monoisotopic (exact) mass is 686 g/mol. The molecule has 0 aliphatic rings. The van der Waals surface area contributed by atoms with E-state index < -0.39 is 19.7 Å². The zero-order chi connectivity index (χ0) is 34.1. The van der Waals surface area contributed by atoms with E-state index in [-0.39, 0.29) is 50.4 Å². The second-order valence-corrected chi connectivity index (χ2v) is 15.0. The predicted octanol–water partition coefficient (Wildman–Crippen LogP) is 8.48.